The third-order valence-corrected chi connectivity index (χ3v) is 3.87. The minimum absolute atomic E-state index is 0.165. The number of carbonyl (C=O) groups excluding carboxylic acids is 2. The highest BCUT2D eigenvalue weighted by atomic mass is 16.6. The van der Waals surface area contributed by atoms with E-state index in [0.717, 1.165) is 0 Å². The summed E-state index contributed by atoms with van der Waals surface area (Å²) in [6.07, 6.45) is -0.180. The molecule has 0 radical (unpaired) electrons. The van der Waals surface area contributed by atoms with Crippen LogP contribution >= 0.6 is 0 Å². The Hall–Kier alpha value is -3.12. The molecule has 0 aliphatic carbocycles. The van der Waals surface area contributed by atoms with Crippen molar-refractivity contribution in [2.75, 3.05) is 6.61 Å². The summed E-state index contributed by atoms with van der Waals surface area (Å²) in [5.74, 6) is -1.11. The highest BCUT2D eigenvalue weighted by Gasteiger charge is 2.35. The van der Waals surface area contributed by atoms with Gasteiger partial charge in [0.2, 0.25) is 0 Å². The molecule has 26 heavy (non-hydrogen) atoms. The number of aliphatic hydroxyl groups is 1. The molecule has 0 amide bonds. The molecule has 3 unspecified atom stereocenters. The van der Waals surface area contributed by atoms with Gasteiger partial charge in [-0.2, -0.15) is 0 Å². The van der Waals surface area contributed by atoms with Crippen LogP contribution < -0.4 is 0 Å². The van der Waals surface area contributed by atoms with E-state index in [1.807, 2.05) is 0 Å². The molecule has 2 aromatic carbocycles. The third-order valence-electron chi connectivity index (χ3n) is 3.87. The largest absolute Gasteiger partial charge is 0.491 e. The number of ether oxygens (including phenoxy) is 3. The fraction of sp³-hybridized carbons (Fsp3) is 0.200. The molecule has 1 heterocycles. The topological polar surface area (TPSA) is 82.1 Å². The highest BCUT2D eigenvalue weighted by molar-refractivity contribution is 5.90. The zero-order valence-electron chi connectivity index (χ0n) is 13.9. The van der Waals surface area contributed by atoms with Crippen molar-refractivity contribution in [2.45, 2.75) is 18.3 Å². The quantitative estimate of drug-likeness (QED) is 0.830. The van der Waals surface area contributed by atoms with Gasteiger partial charge in [0, 0.05) is 0 Å². The second-order valence-electron chi connectivity index (χ2n) is 5.69. The maximum Gasteiger partial charge on any atom is 0.338 e. The van der Waals surface area contributed by atoms with Gasteiger partial charge < -0.3 is 19.3 Å². The summed E-state index contributed by atoms with van der Waals surface area (Å²) in [6.45, 7) is -0.165. The molecule has 6 nitrogen and oxygen atoms in total. The molecule has 6 heteroatoms. The van der Waals surface area contributed by atoms with E-state index in [0.29, 0.717) is 11.1 Å². The smallest absolute Gasteiger partial charge is 0.338 e. The summed E-state index contributed by atoms with van der Waals surface area (Å²) >= 11 is 0. The van der Waals surface area contributed by atoms with Crippen LogP contribution in [-0.4, -0.2) is 42.0 Å². The van der Waals surface area contributed by atoms with Crippen molar-refractivity contribution >= 4 is 11.9 Å². The maximum atomic E-state index is 12.2. The number of esters is 2. The molecular formula is C20H18O6. The minimum atomic E-state index is -1.06. The van der Waals surface area contributed by atoms with Gasteiger partial charge in [-0.25, -0.2) is 9.59 Å². The first-order chi connectivity index (χ1) is 12.6. The maximum absolute atomic E-state index is 12.2. The van der Waals surface area contributed by atoms with Gasteiger partial charge in [0.15, 0.2) is 12.2 Å². The first-order valence-corrected chi connectivity index (χ1v) is 8.13. The second kappa shape index (κ2) is 8.31. The molecule has 3 atom stereocenters. The molecule has 1 N–H and O–H groups in total. The van der Waals surface area contributed by atoms with Gasteiger partial charge in [-0.15, -0.1) is 0 Å². The van der Waals surface area contributed by atoms with E-state index in [1.54, 1.807) is 60.7 Å². The average Bonchev–Trinajstić information content (AvgIpc) is 2.69. The number of hydrogen-bond donors (Lipinski definition) is 1. The number of aliphatic hydroxyl groups excluding tert-OH is 1. The fourth-order valence-electron chi connectivity index (χ4n) is 2.49. The Morgan fingerprint density at radius 3 is 2.12 bits per heavy atom. The molecule has 1 aliphatic rings. The van der Waals surface area contributed by atoms with Crippen LogP contribution in [0.1, 0.15) is 20.7 Å². The molecule has 0 bridgehead atoms. The molecule has 3 rings (SSSR count). The Bertz CT molecular complexity index is 771. The van der Waals surface area contributed by atoms with Gasteiger partial charge in [-0.3, -0.25) is 0 Å². The molecule has 0 fully saturated rings. The van der Waals surface area contributed by atoms with Crippen molar-refractivity contribution in [1.29, 1.82) is 0 Å². The van der Waals surface area contributed by atoms with Gasteiger partial charge in [0.1, 0.15) is 12.7 Å². The molecule has 2 aromatic rings. The minimum Gasteiger partial charge on any atom is -0.491 e. The SMILES string of the molecule is O=C(OCC1OC=CC(O)C1OC(=O)c1ccccc1)c1ccccc1. The Kier molecular flexibility index (Phi) is 5.66. The van der Waals surface area contributed by atoms with E-state index in [9.17, 15) is 14.7 Å². The summed E-state index contributed by atoms with van der Waals surface area (Å²) in [4.78, 5) is 24.3. The normalized spacial score (nSPS) is 21.5. The number of hydrogen-bond acceptors (Lipinski definition) is 6. The first-order valence-electron chi connectivity index (χ1n) is 8.13. The van der Waals surface area contributed by atoms with Crippen LogP contribution in [0.4, 0.5) is 0 Å². The zero-order valence-corrected chi connectivity index (χ0v) is 13.9. The molecule has 0 spiro atoms. The van der Waals surface area contributed by atoms with Gasteiger partial charge in [0.25, 0.3) is 0 Å². The van der Waals surface area contributed by atoms with Gasteiger partial charge >= 0.3 is 11.9 Å². The molecule has 0 saturated carbocycles. The van der Waals surface area contributed by atoms with Crippen LogP contribution in [-0.2, 0) is 14.2 Å². The Labute approximate surface area is 150 Å². The average molecular weight is 354 g/mol. The lowest BCUT2D eigenvalue weighted by molar-refractivity contribution is -0.0936. The van der Waals surface area contributed by atoms with Crippen LogP contribution in [0, 0.1) is 0 Å². The number of benzene rings is 2. The van der Waals surface area contributed by atoms with Crippen LogP contribution in [0.25, 0.3) is 0 Å². The van der Waals surface area contributed by atoms with Crippen molar-refractivity contribution < 1.29 is 28.9 Å². The van der Waals surface area contributed by atoms with Gasteiger partial charge in [-0.05, 0) is 30.3 Å². The van der Waals surface area contributed by atoms with Crippen LogP contribution in [0.3, 0.4) is 0 Å². The molecular weight excluding hydrogens is 336 g/mol. The second-order valence-corrected chi connectivity index (χ2v) is 5.69. The summed E-state index contributed by atoms with van der Waals surface area (Å²) in [5, 5.41) is 10.1. The van der Waals surface area contributed by atoms with Crippen LogP contribution in [0.2, 0.25) is 0 Å². The van der Waals surface area contributed by atoms with E-state index >= 15 is 0 Å². The molecule has 134 valence electrons. The van der Waals surface area contributed by atoms with Gasteiger partial charge in [-0.1, -0.05) is 36.4 Å². The summed E-state index contributed by atoms with van der Waals surface area (Å²) in [6, 6.07) is 16.9. The first kappa shape index (κ1) is 17.7. The number of carbonyl (C=O) groups is 2. The van der Waals surface area contributed by atoms with E-state index < -0.39 is 30.3 Å². The summed E-state index contributed by atoms with van der Waals surface area (Å²) < 4.78 is 16.0. The van der Waals surface area contributed by atoms with E-state index in [1.165, 1.54) is 12.3 Å². The lowest BCUT2D eigenvalue weighted by atomic mass is 10.1. The van der Waals surface area contributed by atoms with Crippen LogP contribution in [0.5, 0.6) is 0 Å². The lowest BCUT2D eigenvalue weighted by Gasteiger charge is -2.31. The Morgan fingerprint density at radius 1 is 0.923 bits per heavy atom. The molecule has 0 saturated heterocycles. The van der Waals surface area contributed by atoms with Crippen molar-refractivity contribution in [3.8, 4) is 0 Å². The number of rotatable bonds is 5. The lowest BCUT2D eigenvalue weighted by Crippen LogP contribution is -2.46. The van der Waals surface area contributed by atoms with Crippen molar-refractivity contribution in [2.24, 2.45) is 0 Å². The molecule has 1 aliphatic heterocycles. The standard InChI is InChI=1S/C20H18O6/c21-16-11-12-24-17(13-25-19(22)14-7-3-1-4-8-14)18(16)26-20(23)15-9-5-2-6-10-15/h1-12,16-18,21H,13H2. The zero-order chi connectivity index (χ0) is 18.4. The predicted molar refractivity (Wildman–Crippen MR) is 92.4 cm³/mol. The van der Waals surface area contributed by atoms with Crippen molar-refractivity contribution in [3.05, 3.63) is 84.1 Å². The van der Waals surface area contributed by atoms with E-state index in [4.69, 9.17) is 14.2 Å². The van der Waals surface area contributed by atoms with E-state index in [2.05, 4.69) is 0 Å². The predicted octanol–water partition coefficient (Wildman–Crippen LogP) is 2.34. The summed E-state index contributed by atoms with van der Waals surface area (Å²) in [7, 11) is 0. The van der Waals surface area contributed by atoms with Gasteiger partial charge in [0.05, 0.1) is 17.4 Å². The van der Waals surface area contributed by atoms with Crippen LogP contribution in [0.15, 0.2) is 73.0 Å². The van der Waals surface area contributed by atoms with Crippen molar-refractivity contribution in [3.63, 3.8) is 0 Å². The van der Waals surface area contributed by atoms with E-state index in [-0.39, 0.29) is 6.61 Å². The Balaban J connectivity index is 1.64. The van der Waals surface area contributed by atoms with Crippen molar-refractivity contribution in [1.82, 2.24) is 0 Å². The third kappa shape index (κ3) is 4.29. The monoisotopic (exact) mass is 354 g/mol. The Morgan fingerprint density at radius 2 is 1.50 bits per heavy atom. The highest BCUT2D eigenvalue weighted by Crippen LogP contribution is 2.19. The fourth-order valence-corrected chi connectivity index (χ4v) is 2.49. The molecule has 0 aromatic heterocycles. The summed E-state index contributed by atoms with van der Waals surface area (Å²) in [5.41, 5.74) is 0.756.